The summed E-state index contributed by atoms with van der Waals surface area (Å²) in [5, 5.41) is 14.8. The van der Waals surface area contributed by atoms with Gasteiger partial charge in [0.05, 0.1) is 0 Å². The molecule has 0 aromatic heterocycles. The van der Waals surface area contributed by atoms with Crippen molar-refractivity contribution < 1.29 is 18.7 Å². The number of para-hydroxylation sites is 2. The molecule has 0 aliphatic rings. The van der Waals surface area contributed by atoms with Crippen LogP contribution in [0.5, 0.6) is 5.75 Å². The molecular weight excluding hydrogens is 409 g/mol. The first-order valence-electron chi connectivity index (χ1n) is 9.72. The highest BCUT2D eigenvalue weighted by Crippen LogP contribution is 2.22. The number of carbonyl (C=O) groups excluding carboxylic acids is 2. The van der Waals surface area contributed by atoms with Crippen molar-refractivity contribution in [3.8, 4) is 11.8 Å². The van der Waals surface area contributed by atoms with Crippen molar-refractivity contribution in [3.63, 3.8) is 0 Å². The molecule has 0 aliphatic heterocycles. The van der Waals surface area contributed by atoms with Crippen LogP contribution in [0.4, 0.5) is 15.8 Å². The molecule has 0 spiro atoms. The highest BCUT2D eigenvalue weighted by molar-refractivity contribution is 6.10. The summed E-state index contributed by atoms with van der Waals surface area (Å²) in [6.45, 7) is 1.55. The van der Waals surface area contributed by atoms with E-state index in [1.807, 2.05) is 25.1 Å². The second-order valence-corrected chi connectivity index (χ2v) is 6.82. The lowest BCUT2D eigenvalue weighted by molar-refractivity contribution is -0.118. The Morgan fingerprint density at radius 1 is 1.00 bits per heavy atom. The van der Waals surface area contributed by atoms with Crippen molar-refractivity contribution in [1.29, 1.82) is 5.26 Å². The van der Waals surface area contributed by atoms with Gasteiger partial charge in [0.15, 0.2) is 6.61 Å². The van der Waals surface area contributed by atoms with Crippen molar-refractivity contribution in [1.82, 2.24) is 0 Å². The molecule has 7 heteroatoms. The predicted molar refractivity (Wildman–Crippen MR) is 120 cm³/mol. The number of ether oxygens (including phenoxy) is 1. The first-order valence-corrected chi connectivity index (χ1v) is 9.72. The number of amides is 2. The van der Waals surface area contributed by atoms with Crippen LogP contribution >= 0.6 is 0 Å². The van der Waals surface area contributed by atoms with Crippen LogP contribution in [0.2, 0.25) is 0 Å². The maximum Gasteiger partial charge on any atom is 0.266 e. The van der Waals surface area contributed by atoms with Gasteiger partial charge in [-0.05, 0) is 55.0 Å². The molecule has 3 aromatic carbocycles. The van der Waals surface area contributed by atoms with Crippen LogP contribution < -0.4 is 15.4 Å². The predicted octanol–water partition coefficient (Wildman–Crippen LogP) is 4.70. The fraction of sp³-hybridized carbons (Fsp3) is 0.0800. The lowest BCUT2D eigenvalue weighted by Crippen LogP contribution is -2.20. The summed E-state index contributed by atoms with van der Waals surface area (Å²) in [6.07, 6.45) is 1.40. The van der Waals surface area contributed by atoms with E-state index in [9.17, 15) is 19.2 Å². The molecule has 0 bridgehead atoms. The molecule has 0 fully saturated rings. The molecule has 160 valence electrons. The van der Waals surface area contributed by atoms with E-state index in [2.05, 4.69) is 10.6 Å². The minimum Gasteiger partial charge on any atom is -0.483 e. The van der Waals surface area contributed by atoms with E-state index >= 15 is 0 Å². The molecule has 0 heterocycles. The average molecular weight is 429 g/mol. The van der Waals surface area contributed by atoms with Gasteiger partial charge in [-0.1, -0.05) is 36.4 Å². The second kappa shape index (κ2) is 10.5. The average Bonchev–Trinajstić information content (AvgIpc) is 2.79. The Bertz CT molecular complexity index is 1200. The highest BCUT2D eigenvalue weighted by atomic mass is 19.1. The number of rotatable bonds is 7. The van der Waals surface area contributed by atoms with Crippen LogP contribution in [0, 0.1) is 24.1 Å². The fourth-order valence-electron chi connectivity index (χ4n) is 2.81. The van der Waals surface area contributed by atoms with Crippen LogP contribution in [-0.2, 0) is 9.59 Å². The van der Waals surface area contributed by atoms with Crippen molar-refractivity contribution in [2.45, 2.75) is 6.92 Å². The molecule has 2 amide bonds. The number of carbonyl (C=O) groups is 2. The molecule has 0 saturated carbocycles. The van der Waals surface area contributed by atoms with Gasteiger partial charge in [-0.3, -0.25) is 9.59 Å². The normalized spacial score (nSPS) is 10.7. The van der Waals surface area contributed by atoms with Crippen LogP contribution in [0.25, 0.3) is 6.08 Å². The number of nitrogens with one attached hydrogen (secondary N) is 2. The zero-order valence-corrected chi connectivity index (χ0v) is 17.3. The summed E-state index contributed by atoms with van der Waals surface area (Å²) in [5.41, 5.74) is 2.28. The summed E-state index contributed by atoms with van der Waals surface area (Å²) in [5.74, 6) is -1.06. The second-order valence-electron chi connectivity index (χ2n) is 6.82. The molecule has 2 N–H and O–H groups in total. The quantitative estimate of drug-likeness (QED) is 0.421. The van der Waals surface area contributed by atoms with Crippen LogP contribution in [0.1, 0.15) is 11.1 Å². The van der Waals surface area contributed by atoms with Gasteiger partial charge in [0.1, 0.15) is 23.2 Å². The van der Waals surface area contributed by atoms with Gasteiger partial charge in [-0.15, -0.1) is 0 Å². The standard InChI is InChI=1S/C25H20FN3O3/c1-17-6-2-4-8-22(17)29-25(31)19(15-27)14-18-7-3-5-9-23(18)32-16-24(30)28-21-12-10-20(26)11-13-21/h2-14H,16H2,1H3,(H,28,30)(H,29,31). The van der Waals surface area contributed by atoms with E-state index in [0.717, 1.165) is 5.56 Å². The number of aryl methyl sites for hydroxylation is 1. The Labute approximate surface area is 185 Å². The van der Waals surface area contributed by atoms with E-state index in [1.54, 1.807) is 36.4 Å². The van der Waals surface area contributed by atoms with Gasteiger partial charge < -0.3 is 15.4 Å². The lowest BCUT2D eigenvalue weighted by atomic mass is 10.1. The molecule has 0 atom stereocenters. The van der Waals surface area contributed by atoms with Crippen LogP contribution in [0.15, 0.2) is 78.4 Å². The van der Waals surface area contributed by atoms with E-state index in [0.29, 0.717) is 22.7 Å². The van der Waals surface area contributed by atoms with Gasteiger partial charge in [0.2, 0.25) is 0 Å². The van der Waals surface area contributed by atoms with Crippen molar-refractivity contribution in [3.05, 3.63) is 95.3 Å². The summed E-state index contributed by atoms with van der Waals surface area (Å²) < 4.78 is 18.6. The monoisotopic (exact) mass is 429 g/mol. The first-order chi connectivity index (χ1) is 15.5. The minimum absolute atomic E-state index is 0.111. The third-order valence-corrected chi connectivity index (χ3v) is 4.46. The lowest BCUT2D eigenvalue weighted by Gasteiger charge is -2.11. The highest BCUT2D eigenvalue weighted by Gasteiger charge is 2.13. The SMILES string of the molecule is Cc1ccccc1NC(=O)C(C#N)=Cc1ccccc1OCC(=O)Nc1ccc(F)cc1. The summed E-state index contributed by atoms with van der Waals surface area (Å²) >= 11 is 0. The Morgan fingerprint density at radius 2 is 1.69 bits per heavy atom. The Hall–Kier alpha value is -4.44. The molecule has 3 aromatic rings. The first kappa shape index (κ1) is 22.2. The number of benzene rings is 3. The van der Waals surface area contributed by atoms with E-state index in [-0.39, 0.29) is 12.2 Å². The molecular formula is C25H20FN3O3. The molecule has 0 radical (unpaired) electrons. The number of hydrogen-bond acceptors (Lipinski definition) is 4. The number of anilines is 2. The fourth-order valence-corrected chi connectivity index (χ4v) is 2.81. The zero-order chi connectivity index (χ0) is 22.9. The zero-order valence-electron chi connectivity index (χ0n) is 17.3. The molecule has 0 unspecified atom stereocenters. The Kier molecular flexibility index (Phi) is 7.33. The molecule has 3 rings (SSSR count). The number of halogens is 1. The summed E-state index contributed by atoms with van der Waals surface area (Å²) in [4.78, 5) is 24.7. The number of nitriles is 1. The van der Waals surface area contributed by atoms with Crippen molar-refractivity contribution in [2.75, 3.05) is 17.2 Å². The van der Waals surface area contributed by atoms with E-state index in [4.69, 9.17) is 4.74 Å². The Balaban J connectivity index is 1.70. The maximum atomic E-state index is 13.0. The molecule has 6 nitrogen and oxygen atoms in total. The number of hydrogen-bond donors (Lipinski definition) is 2. The topological polar surface area (TPSA) is 91.2 Å². The van der Waals surface area contributed by atoms with E-state index < -0.39 is 17.6 Å². The van der Waals surface area contributed by atoms with E-state index in [1.165, 1.54) is 30.3 Å². The molecule has 0 aliphatic carbocycles. The minimum atomic E-state index is -0.550. The number of nitrogens with zero attached hydrogens (tertiary/aromatic N) is 1. The van der Waals surface area contributed by atoms with Gasteiger partial charge in [-0.25, -0.2) is 4.39 Å². The summed E-state index contributed by atoms with van der Waals surface area (Å²) in [6, 6.07) is 21.2. The summed E-state index contributed by atoms with van der Waals surface area (Å²) in [7, 11) is 0. The molecule has 0 saturated heterocycles. The largest absolute Gasteiger partial charge is 0.483 e. The van der Waals surface area contributed by atoms with Crippen molar-refractivity contribution >= 4 is 29.3 Å². The molecule has 32 heavy (non-hydrogen) atoms. The van der Waals surface area contributed by atoms with Gasteiger partial charge in [-0.2, -0.15) is 5.26 Å². The third-order valence-electron chi connectivity index (χ3n) is 4.46. The third kappa shape index (κ3) is 6.03. The van der Waals surface area contributed by atoms with Gasteiger partial charge >= 0.3 is 0 Å². The van der Waals surface area contributed by atoms with Crippen LogP contribution in [-0.4, -0.2) is 18.4 Å². The van der Waals surface area contributed by atoms with Crippen LogP contribution in [0.3, 0.4) is 0 Å². The van der Waals surface area contributed by atoms with Gasteiger partial charge in [0.25, 0.3) is 11.8 Å². The maximum absolute atomic E-state index is 13.0. The van der Waals surface area contributed by atoms with Crippen molar-refractivity contribution in [2.24, 2.45) is 0 Å². The smallest absolute Gasteiger partial charge is 0.266 e. The Morgan fingerprint density at radius 3 is 2.41 bits per heavy atom. The van der Waals surface area contributed by atoms with Gasteiger partial charge in [0, 0.05) is 16.9 Å².